The molecule has 0 bridgehead atoms. The van der Waals surface area contributed by atoms with Gasteiger partial charge in [-0.25, -0.2) is 4.98 Å². The summed E-state index contributed by atoms with van der Waals surface area (Å²) < 4.78 is 37.9. The first-order valence-corrected chi connectivity index (χ1v) is 5.97. The zero-order valence-corrected chi connectivity index (χ0v) is 11.0. The van der Waals surface area contributed by atoms with Crippen LogP contribution in [0.5, 0.6) is 0 Å². The highest BCUT2D eigenvalue weighted by atomic mass is 79.9. The standard InChI is InChI=1S/C13H9BrF3N/c1-8-6-11(18-12(14)7-8)9-2-4-10(5-3-9)13(15,16)17/h2-7H,1H3. The molecule has 1 heterocycles. The van der Waals surface area contributed by atoms with Gasteiger partial charge < -0.3 is 0 Å². The fourth-order valence-electron chi connectivity index (χ4n) is 1.60. The number of alkyl halides is 3. The van der Waals surface area contributed by atoms with Gasteiger partial charge in [-0.1, -0.05) is 12.1 Å². The molecule has 2 aromatic rings. The van der Waals surface area contributed by atoms with E-state index in [2.05, 4.69) is 20.9 Å². The Morgan fingerprint density at radius 3 is 2.17 bits per heavy atom. The highest BCUT2D eigenvalue weighted by Crippen LogP contribution is 2.31. The third-order valence-corrected chi connectivity index (χ3v) is 2.85. The first kappa shape index (κ1) is 13.1. The van der Waals surface area contributed by atoms with Crippen molar-refractivity contribution in [2.24, 2.45) is 0 Å². The summed E-state index contributed by atoms with van der Waals surface area (Å²) in [5, 5.41) is 0. The first-order chi connectivity index (χ1) is 8.36. The smallest absolute Gasteiger partial charge is 0.241 e. The topological polar surface area (TPSA) is 12.9 Å². The van der Waals surface area contributed by atoms with Gasteiger partial charge in [-0.05, 0) is 52.7 Å². The van der Waals surface area contributed by atoms with Crippen molar-refractivity contribution in [2.45, 2.75) is 13.1 Å². The van der Waals surface area contributed by atoms with Gasteiger partial charge in [0.25, 0.3) is 0 Å². The molecule has 0 spiro atoms. The third kappa shape index (κ3) is 2.90. The van der Waals surface area contributed by atoms with Crippen molar-refractivity contribution < 1.29 is 13.2 Å². The summed E-state index contributed by atoms with van der Waals surface area (Å²) in [6.07, 6.45) is -4.31. The number of aryl methyl sites for hydroxylation is 1. The van der Waals surface area contributed by atoms with Gasteiger partial charge in [0.1, 0.15) is 4.60 Å². The van der Waals surface area contributed by atoms with Crippen molar-refractivity contribution in [2.75, 3.05) is 0 Å². The molecule has 0 saturated carbocycles. The molecule has 1 aromatic heterocycles. The number of halogens is 4. The Bertz CT molecular complexity index is 541. The number of benzene rings is 1. The second-order valence-corrected chi connectivity index (χ2v) is 4.74. The maximum Gasteiger partial charge on any atom is 0.416 e. The number of hydrogen-bond acceptors (Lipinski definition) is 1. The quantitative estimate of drug-likeness (QED) is 0.686. The van der Waals surface area contributed by atoms with Crippen LogP contribution in [0.15, 0.2) is 41.0 Å². The molecular weight excluding hydrogens is 307 g/mol. The van der Waals surface area contributed by atoms with E-state index in [1.807, 2.05) is 19.1 Å². The molecule has 0 N–H and O–H groups in total. The third-order valence-electron chi connectivity index (χ3n) is 2.45. The van der Waals surface area contributed by atoms with Gasteiger partial charge >= 0.3 is 6.18 Å². The summed E-state index contributed by atoms with van der Waals surface area (Å²) in [6, 6.07) is 8.65. The fourth-order valence-corrected chi connectivity index (χ4v) is 2.15. The minimum Gasteiger partial charge on any atom is -0.241 e. The molecule has 1 aromatic carbocycles. The van der Waals surface area contributed by atoms with Crippen LogP contribution >= 0.6 is 15.9 Å². The lowest BCUT2D eigenvalue weighted by atomic mass is 10.1. The maximum absolute atomic E-state index is 12.4. The van der Waals surface area contributed by atoms with Crippen LogP contribution in [0.3, 0.4) is 0 Å². The molecule has 94 valence electrons. The summed E-state index contributed by atoms with van der Waals surface area (Å²) in [4.78, 5) is 4.23. The number of rotatable bonds is 1. The van der Waals surface area contributed by atoms with Gasteiger partial charge in [0, 0.05) is 5.56 Å². The average Bonchev–Trinajstić information content (AvgIpc) is 2.27. The minimum atomic E-state index is -4.31. The summed E-state index contributed by atoms with van der Waals surface area (Å²) in [5.41, 5.74) is 1.65. The van der Waals surface area contributed by atoms with Crippen molar-refractivity contribution in [3.8, 4) is 11.3 Å². The molecule has 0 unspecified atom stereocenters. The Labute approximate surface area is 111 Å². The maximum atomic E-state index is 12.4. The predicted octanol–water partition coefficient (Wildman–Crippen LogP) is 4.84. The molecule has 0 aliphatic rings. The van der Waals surface area contributed by atoms with Crippen LogP contribution in [-0.2, 0) is 6.18 Å². The van der Waals surface area contributed by atoms with Gasteiger partial charge in [0.15, 0.2) is 0 Å². The highest BCUT2D eigenvalue weighted by Gasteiger charge is 2.29. The van der Waals surface area contributed by atoms with E-state index in [0.717, 1.165) is 17.7 Å². The molecule has 0 atom stereocenters. The predicted molar refractivity (Wildman–Crippen MR) is 67.1 cm³/mol. The summed E-state index contributed by atoms with van der Waals surface area (Å²) in [5.74, 6) is 0. The van der Waals surface area contributed by atoms with E-state index in [-0.39, 0.29) is 0 Å². The Morgan fingerprint density at radius 2 is 1.67 bits per heavy atom. The molecule has 0 amide bonds. The largest absolute Gasteiger partial charge is 0.416 e. The van der Waals surface area contributed by atoms with Crippen molar-refractivity contribution >= 4 is 15.9 Å². The van der Waals surface area contributed by atoms with Crippen LogP contribution in [0.4, 0.5) is 13.2 Å². The SMILES string of the molecule is Cc1cc(Br)nc(-c2ccc(C(F)(F)F)cc2)c1. The second-order valence-electron chi connectivity index (χ2n) is 3.93. The van der Waals surface area contributed by atoms with E-state index in [0.29, 0.717) is 15.9 Å². The Morgan fingerprint density at radius 1 is 1.06 bits per heavy atom. The Balaban J connectivity index is 2.40. The zero-order valence-electron chi connectivity index (χ0n) is 9.42. The van der Waals surface area contributed by atoms with Gasteiger partial charge in [-0.3, -0.25) is 0 Å². The highest BCUT2D eigenvalue weighted by molar-refractivity contribution is 9.10. The Hall–Kier alpha value is -1.36. The number of pyridine rings is 1. The molecule has 0 fully saturated rings. The van der Waals surface area contributed by atoms with Gasteiger partial charge in [0.05, 0.1) is 11.3 Å². The van der Waals surface area contributed by atoms with E-state index >= 15 is 0 Å². The van der Waals surface area contributed by atoms with E-state index in [1.165, 1.54) is 12.1 Å². The van der Waals surface area contributed by atoms with Crippen molar-refractivity contribution in [1.82, 2.24) is 4.98 Å². The molecule has 0 saturated heterocycles. The molecule has 18 heavy (non-hydrogen) atoms. The molecule has 2 rings (SSSR count). The molecule has 5 heteroatoms. The van der Waals surface area contributed by atoms with Crippen LogP contribution in [-0.4, -0.2) is 4.98 Å². The number of hydrogen-bond donors (Lipinski definition) is 0. The molecular formula is C13H9BrF3N. The van der Waals surface area contributed by atoms with Crippen LogP contribution in [0.2, 0.25) is 0 Å². The van der Waals surface area contributed by atoms with Gasteiger partial charge in [-0.15, -0.1) is 0 Å². The number of aromatic nitrogens is 1. The van der Waals surface area contributed by atoms with Crippen molar-refractivity contribution in [3.05, 3.63) is 52.1 Å². The minimum absolute atomic E-state index is 0.649. The van der Waals surface area contributed by atoms with Crippen molar-refractivity contribution in [1.29, 1.82) is 0 Å². The second kappa shape index (κ2) is 4.72. The van der Waals surface area contributed by atoms with Gasteiger partial charge in [0.2, 0.25) is 0 Å². The van der Waals surface area contributed by atoms with E-state index in [4.69, 9.17) is 0 Å². The fraction of sp³-hybridized carbons (Fsp3) is 0.154. The molecule has 0 aliphatic carbocycles. The lowest BCUT2D eigenvalue weighted by Gasteiger charge is -2.08. The zero-order chi connectivity index (χ0) is 13.3. The van der Waals surface area contributed by atoms with Crippen LogP contribution in [0.25, 0.3) is 11.3 Å². The number of nitrogens with zero attached hydrogens (tertiary/aromatic N) is 1. The van der Waals surface area contributed by atoms with Crippen LogP contribution in [0, 0.1) is 6.92 Å². The summed E-state index contributed by atoms with van der Waals surface area (Å²) in [7, 11) is 0. The molecule has 0 radical (unpaired) electrons. The molecule has 0 aliphatic heterocycles. The summed E-state index contributed by atoms with van der Waals surface area (Å²) in [6.45, 7) is 1.90. The summed E-state index contributed by atoms with van der Waals surface area (Å²) >= 11 is 3.27. The normalized spacial score (nSPS) is 11.6. The average molecular weight is 316 g/mol. The van der Waals surface area contributed by atoms with Crippen molar-refractivity contribution in [3.63, 3.8) is 0 Å². The first-order valence-electron chi connectivity index (χ1n) is 5.18. The van der Waals surface area contributed by atoms with Gasteiger partial charge in [-0.2, -0.15) is 13.2 Å². The lowest BCUT2D eigenvalue weighted by molar-refractivity contribution is -0.137. The van der Waals surface area contributed by atoms with E-state index < -0.39 is 11.7 Å². The monoisotopic (exact) mass is 315 g/mol. The van der Waals surface area contributed by atoms with E-state index in [1.54, 1.807) is 0 Å². The van der Waals surface area contributed by atoms with E-state index in [9.17, 15) is 13.2 Å². The van der Waals surface area contributed by atoms with Crippen LogP contribution in [0.1, 0.15) is 11.1 Å². The lowest BCUT2D eigenvalue weighted by Crippen LogP contribution is -2.04. The van der Waals surface area contributed by atoms with Crippen LogP contribution < -0.4 is 0 Å². The molecule has 1 nitrogen and oxygen atoms in total. The Kier molecular flexibility index (Phi) is 3.43.